The first-order chi connectivity index (χ1) is 10.1. The van der Waals surface area contributed by atoms with Crippen molar-refractivity contribution in [3.8, 4) is 11.5 Å². The van der Waals surface area contributed by atoms with E-state index in [1.165, 1.54) is 4.88 Å². The van der Waals surface area contributed by atoms with E-state index < -0.39 is 0 Å². The summed E-state index contributed by atoms with van der Waals surface area (Å²) in [6.45, 7) is 5.43. The summed E-state index contributed by atoms with van der Waals surface area (Å²) in [4.78, 5) is 1.18. The van der Waals surface area contributed by atoms with E-state index in [1.807, 2.05) is 17.5 Å². The molecule has 0 unspecified atom stereocenters. The normalized spacial score (nSPS) is 10.9. The van der Waals surface area contributed by atoms with Crippen LogP contribution in [0.4, 0.5) is 0 Å². The Kier molecular flexibility index (Phi) is 5.91. The van der Waals surface area contributed by atoms with E-state index in [1.54, 1.807) is 24.5 Å². The Bertz CT molecular complexity index is 570. The van der Waals surface area contributed by atoms with Crippen molar-refractivity contribution in [2.75, 3.05) is 7.11 Å². The summed E-state index contributed by atoms with van der Waals surface area (Å²) < 4.78 is 11.4. The van der Waals surface area contributed by atoms with E-state index in [9.17, 15) is 0 Å². The summed E-state index contributed by atoms with van der Waals surface area (Å²) >= 11 is 7.83. The van der Waals surface area contributed by atoms with E-state index in [0.717, 1.165) is 11.3 Å². The molecule has 0 saturated heterocycles. The smallest absolute Gasteiger partial charge is 0.166 e. The zero-order valence-corrected chi connectivity index (χ0v) is 14.1. The lowest BCUT2D eigenvalue weighted by Crippen LogP contribution is -2.22. The molecule has 5 heteroatoms. The molecular formula is C16H20ClNO2S. The van der Waals surface area contributed by atoms with Crippen LogP contribution in [0.25, 0.3) is 0 Å². The monoisotopic (exact) mass is 325 g/mol. The molecule has 0 spiro atoms. The molecule has 0 saturated carbocycles. The highest BCUT2D eigenvalue weighted by atomic mass is 35.5. The Labute approximate surface area is 134 Å². The molecule has 0 radical (unpaired) electrons. The molecule has 2 aromatic rings. The van der Waals surface area contributed by atoms with Gasteiger partial charge in [0, 0.05) is 34.1 Å². The fraction of sp³-hybridized carbons (Fsp3) is 0.375. The largest absolute Gasteiger partial charge is 0.493 e. The van der Waals surface area contributed by atoms with E-state index in [-0.39, 0.29) is 0 Å². The first-order valence-electron chi connectivity index (χ1n) is 6.85. The molecule has 1 heterocycles. The van der Waals surface area contributed by atoms with Gasteiger partial charge >= 0.3 is 0 Å². The van der Waals surface area contributed by atoms with Gasteiger partial charge in [0.15, 0.2) is 11.5 Å². The lowest BCUT2D eigenvalue weighted by atomic mass is 10.1. The number of thiophene rings is 1. The molecule has 0 amide bonds. The molecule has 114 valence electrons. The number of rotatable bonds is 7. The van der Waals surface area contributed by atoms with Crippen molar-refractivity contribution in [2.24, 2.45) is 0 Å². The average molecular weight is 326 g/mol. The average Bonchev–Trinajstić information content (AvgIpc) is 2.96. The zero-order chi connectivity index (χ0) is 15.2. The number of benzene rings is 1. The molecule has 3 nitrogen and oxygen atoms in total. The van der Waals surface area contributed by atoms with Crippen LogP contribution in [0, 0.1) is 0 Å². The molecule has 1 aromatic carbocycles. The van der Waals surface area contributed by atoms with Gasteiger partial charge in [-0.1, -0.05) is 31.5 Å². The molecule has 21 heavy (non-hydrogen) atoms. The Balaban J connectivity index is 2.21. The van der Waals surface area contributed by atoms with Gasteiger partial charge in [-0.2, -0.15) is 0 Å². The standard InChI is InChI=1S/C16H20ClNO2S/c1-11(2)18-9-12-7-13(17)8-15(19-3)16(12)20-10-14-5-4-6-21-14/h4-8,11,18H,9-10H2,1-3H3. The van der Waals surface area contributed by atoms with Crippen molar-refractivity contribution in [3.63, 3.8) is 0 Å². The van der Waals surface area contributed by atoms with E-state index >= 15 is 0 Å². The van der Waals surface area contributed by atoms with Crippen molar-refractivity contribution in [1.82, 2.24) is 5.32 Å². The van der Waals surface area contributed by atoms with Gasteiger partial charge in [-0.15, -0.1) is 11.3 Å². The summed E-state index contributed by atoms with van der Waals surface area (Å²) in [6.07, 6.45) is 0. The summed E-state index contributed by atoms with van der Waals surface area (Å²) in [7, 11) is 1.63. The third-order valence-electron chi connectivity index (χ3n) is 2.96. The molecule has 0 aliphatic heterocycles. The van der Waals surface area contributed by atoms with Crippen molar-refractivity contribution >= 4 is 22.9 Å². The zero-order valence-electron chi connectivity index (χ0n) is 12.5. The van der Waals surface area contributed by atoms with Crippen LogP contribution in [-0.2, 0) is 13.2 Å². The fourth-order valence-corrected chi connectivity index (χ4v) is 2.77. The number of methoxy groups -OCH3 is 1. The highest BCUT2D eigenvalue weighted by Crippen LogP contribution is 2.35. The Morgan fingerprint density at radius 1 is 1.33 bits per heavy atom. The minimum Gasteiger partial charge on any atom is -0.493 e. The van der Waals surface area contributed by atoms with Gasteiger partial charge in [0.1, 0.15) is 6.61 Å². The van der Waals surface area contributed by atoms with Crippen molar-refractivity contribution < 1.29 is 9.47 Å². The van der Waals surface area contributed by atoms with Gasteiger partial charge in [-0.05, 0) is 17.5 Å². The molecule has 1 N–H and O–H groups in total. The van der Waals surface area contributed by atoms with E-state index in [4.69, 9.17) is 21.1 Å². The van der Waals surface area contributed by atoms with Crippen molar-refractivity contribution in [2.45, 2.75) is 33.0 Å². The van der Waals surface area contributed by atoms with Crippen LogP contribution in [0.1, 0.15) is 24.3 Å². The van der Waals surface area contributed by atoms with Crippen LogP contribution in [0.5, 0.6) is 11.5 Å². The van der Waals surface area contributed by atoms with Crippen LogP contribution in [0.3, 0.4) is 0 Å². The first kappa shape index (κ1) is 16.1. The maximum absolute atomic E-state index is 6.15. The molecule has 0 aliphatic carbocycles. The lowest BCUT2D eigenvalue weighted by Gasteiger charge is -2.17. The van der Waals surface area contributed by atoms with Crippen molar-refractivity contribution in [1.29, 1.82) is 0 Å². The quantitative estimate of drug-likeness (QED) is 0.813. The second kappa shape index (κ2) is 7.69. The highest BCUT2D eigenvalue weighted by molar-refractivity contribution is 7.09. The first-order valence-corrected chi connectivity index (χ1v) is 8.11. The van der Waals surface area contributed by atoms with Gasteiger partial charge in [0.05, 0.1) is 7.11 Å². The Hall–Kier alpha value is -1.23. The number of ether oxygens (including phenoxy) is 2. The second-order valence-electron chi connectivity index (χ2n) is 5.00. The van der Waals surface area contributed by atoms with Gasteiger partial charge in [-0.3, -0.25) is 0 Å². The third-order valence-corrected chi connectivity index (χ3v) is 4.02. The maximum Gasteiger partial charge on any atom is 0.166 e. The molecule has 0 atom stereocenters. The number of nitrogens with one attached hydrogen (secondary N) is 1. The minimum absolute atomic E-state index is 0.389. The Morgan fingerprint density at radius 2 is 2.14 bits per heavy atom. The number of hydrogen-bond acceptors (Lipinski definition) is 4. The van der Waals surface area contributed by atoms with Crippen molar-refractivity contribution in [3.05, 3.63) is 45.1 Å². The minimum atomic E-state index is 0.389. The summed E-state index contributed by atoms with van der Waals surface area (Å²) in [5.41, 5.74) is 1.00. The maximum atomic E-state index is 6.15. The molecule has 0 bridgehead atoms. The van der Waals surface area contributed by atoms with Crippen LogP contribution in [0.15, 0.2) is 29.6 Å². The Morgan fingerprint density at radius 3 is 2.76 bits per heavy atom. The van der Waals surface area contributed by atoms with Gasteiger partial charge in [0.2, 0.25) is 0 Å². The van der Waals surface area contributed by atoms with Gasteiger partial charge in [-0.25, -0.2) is 0 Å². The highest BCUT2D eigenvalue weighted by Gasteiger charge is 2.13. The fourth-order valence-electron chi connectivity index (χ4n) is 1.92. The number of halogens is 1. The predicted octanol–water partition coefficient (Wildman–Crippen LogP) is 4.49. The molecule has 2 rings (SSSR count). The summed E-state index contributed by atoms with van der Waals surface area (Å²) in [5, 5.41) is 6.07. The van der Waals surface area contributed by atoms with Gasteiger partial charge in [0.25, 0.3) is 0 Å². The molecule has 0 fully saturated rings. The summed E-state index contributed by atoms with van der Waals surface area (Å²) in [5.74, 6) is 1.42. The van der Waals surface area contributed by atoms with Crippen LogP contribution in [-0.4, -0.2) is 13.2 Å². The van der Waals surface area contributed by atoms with Gasteiger partial charge < -0.3 is 14.8 Å². The molecule has 1 aromatic heterocycles. The number of hydrogen-bond donors (Lipinski definition) is 1. The van der Waals surface area contributed by atoms with E-state index in [0.29, 0.717) is 30.0 Å². The van der Waals surface area contributed by atoms with Crippen LogP contribution >= 0.6 is 22.9 Å². The topological polar surface area (TPSA) is 30.5 Å². The van der Waals surface area contributed by atoms with E-state index in [2.05, 4.69) is 25.2 Å². The third kappa shape index (κ3) is 4.63. The molecular weight excluding hydrogens is 306 g/mol. The predicted molar refractivity (Wildman–Crippen MR) is 88.6 cm³/mol. The second-order valence-corrected chi connectivity index (χ2v) is 6.47. The van der Waals surface area contributed by atoms with Crippen LogP contribution in [0.2, 0.25) is 5.02 Å². The summed E-state index contributed by atoms with van der Waals surface area (Å²) in [6, 6.07) is 8.16. The lowest BCUT2D eigenvalue weighted by molar-refractivity contribution is 0.283. The molecule has 0 aliphatic rings. The SMILES string of the molecule is COc1cc(Cl)cc(CNC(C)C)c1OCc1cccs1. The van der Waals surface area contributed by atoms with Crippen LogP contribution < -0.4 is 14.8 Å².